The van der Waals surface area contributed by atoms with Gasteiger partial charge in [-0.3, -0.25) is 0 Å². The number of hydrogen-bond acceptors (Lipinski definition) is 0. The molecule has 5 aromatic carbocycles. The summed E-state index contributed by atoms with van der Waals surface area (Å²) in [7, 11) is 0. The van der Waals surface area contributed by atoms with Crippen molar-refractivity contribution in [3.05, 3.63) is 83.9 Å². The van der Waals surface area contributed by atoms with Gasteiger partial charge in [-0.1, -0.05) is 114 Å². The minimum atomic E-state index is 0.119. The summed E-state index contributed by atoms with van der Waals surface area (Å²) in [5, 5.41) is 8.19. The molecule has 0 saturated carbocycles. The van der Waals surface area contributed by atoms with Crippen molar-refractivity contribution in [1.82, 2.24) is 0 Å². The van der Waals surface area contributed by atoms with Crippen LogP contribution in [0.4, 0.5) is 0 Å². The number of rotatable bonds is 1. The fraction of sp³-hybridized carbons (Fsp3) is 0.267. The van der Waals surface area contributed by atoms with Crippen LogP contribution >= 0.6 is 0 Å². The van der Waals surface area contributed by atoms with Gasteiger partial charge >= 0.3 is 0 Å². The average molecular weight is 391 g/mol. The highest BCUT2D eigenvalue weighted by atomic mass is 14.2. The molecule has 0 saturated heterocycles. The highest BCUT2D eigenvalue weighted by Crippen LogP contribution is 2.42. The summed E-state index contributed by atoms with van der Waals surface area (Å²) in [6.07, 6.45) is 0. The summed E-state index contributed by atoms with van der Waals surface area (Å²) in [4.78, 5) is 0. The summed E-state index contributed by atoms with van der Waals surface area (Å²) < 4.78 is 0. The second kappa shape index (κ2) is 6.32. The third-order valence-corrected chi connectivity index (χ3v) is 6.53. The monoisotopic (exact) mass is 390 g/mol. The van der Waals surface area contributed by atoms with Crippen molar-refractivity contribution in [2.24, 2.45) is 0 Å². The minimum absolute atomic E-state index is 0.119. The molecule has 30 heavy (non-hydrogen) atoms. The molecular weight excluding hydrogens is 360 g/mol. The van der Waals surface area contributed by atoms with Gasteiger partial charge in [-0.25, -0.2) is 0 Å². The maximum absolute atomic E-state index is 2.32. The van der Waals surface area contributed by atoms with E-state index in [2.05, 4.69) is 114 Å². The average Bonchev–Trinajstić information content (AvgIpc) is 2.70. The van der Waals surface area contributed by atoms with Crippen molar-refractivity contribution in [3.8, 4) is 11.1 Å². The molecule has 0 atom stereocenters. The van der Waals surface area contributed by atoms with Crippen LogP contribution in [-0.2, 0) is 10.8 Å². The summed E-state index contributed by atoms with van der Waals surface area (Å²) in [6.45, 7) is 13.7. The normalized spacial score (nSPS) is 13.0. The van der Waals surface area contributed by atoms with Gasteiger partial charge in [0.25, 0.3) is 0 Å². The van der Waals surface area contributed by atoms with Gasteiger partial charge in [-0.15, -0.1) is 0 Å². The molecule has 150 valence electrons. The van der Waals surface area contributed by atoms with Crippen molar-refractivity contribution >= 4 is 32.3 Å². The van der Waals surface area contributed by atoms with Crippen molar-refractivity contribution in [3.63, 3.8) is 0 Å². The molecule has 0 radical (unpaired) electrons. The van der Waals surface area contributed by atoms with Gasteiger partial charge in [0.05, 0.1) is 0 Å². The van der Waals surface area contributed by atoms with Crippen molar-refractivity contribution in [1.29, 1.82) is 0 Å². The van der Waals surface area contributed by atoms with Gasteiger partial charge in [-0.2, -0.15) is 0 Å². The van der Waals surface area contributed by atoms with E-state index in [1.54, 1.807) is 0 Å². The van der Waals surface area contributed by atoms with Crippen LogP contribution in [-0.4, -0.2) is 0 Å². The van der Waals surface area contributed by atoms with E-state index >= 15 is 0 Å². The highest BCUT2D eigenvalue weighted by Gasteiger charge is 2.20. The van der Waals surface area contributed by atoms with Crippen LogP contribution in [0.25, 0.3) is 43.4 Å². The molecule has 0 amide bonds. The Hall–Kier alpha value is -2.86. The first kappa shape index (κ1) is 19.1. The lowest BCUT2D eigenvalue weighted by molar-refractivity contribution is 0.590. The first-order valence-electron chi connectivity index (χ1n) is 11.0. The van der Waals surface area contributed by atoms with Crippen LogP contribution in [0.3, 0.4) is 0 Å². The molecule has 0 N–H and O–H groups in total. The highest BCUT2D eigenvalue weighted by molar-refractivity contribution is 6.26. The summed E-state index contributed by atoms with van der Waals surface area (Å²) >= 11 is 0. The Morgan fingerprint density at radius 3 is 1.60 bits per heavy atom. The molecule has 5 aromatic rings. The molecule has 0 aliphatic heterocycles. The van der Waals surface area contributed by atoms with E-state index < -0.39 is 0 Å². The number of benzene rings is 5. The largest absolute Gasteiger partial charge is 0.0579 e. The molecule has 0 spiro atoms. The topological polar surface area (TPSA) is 0 Å². The molecular formula is C30H30. The van der Waals surface area contributed by atoms with Crippen LogP contribution in [0.15, 0.2) is 72.8 Å². The van der Waals surface area contributed by atoms with Gasteiger partial charge in [0.1, 0.15) is 0 Å². The van der Waals surface area contributed by atoms with E-state index in [1.165, 1.54) is 54.6 Å². The SMILES string of the molecule is CC(C)(C)c1ccc(-c2ccc3ccc4c(C(C)(C)C)ccc5ccc2c3c54)cc1. The number of hydrogen-bond donors (Lipinski definition) is 0. The Morgan fingerprint density at radius 1 is 0.467 bits per heavy atom. The zero-order valence-corrected chi connectivity index (χ0v) is 18.9. The smallest absolute Gasteiger partial charge is 0.00205 e. The molecule has 0 fully saturated rings. The van der Waals surface area contributed by atoms with Crippen LogP contribution in [0.2, 0.25) is 0 Å². The molecule has 0 bridgehead atoms. The van der Waals surface area contributed by atoms with E-state index in [1.807, 2.05) is 0 Å². The molecule has 0 nitrogen and oxygen atoms in total. The quantitative estimate of drug-likeness (QED) is 0.251. The van der Waals surface area contributed by atoms with Gasteiger partial charge in [0, 0.05) is 0 Å². The van der Waals surface area contributed by atoms with E-state index in [0.717, 1.165) is 0 Å². The van der Waals surface area contributed by atoms with Gasteiger partial charge < -0.3 is 0 Å². The molecule has 0 unspecified atom stereocenters. The molecule has 0 aromatic heterocycles. The molecule has 0 aliphatic carbocycles. The van der Waals surface area contributed by atoms with Crippen LogP contribution in [0.1, 0.15) is 52.7 Å². The fourth-order valence-corrected chi connectivity index (χ4v) is 4.86. The Bertz CT molecular complexity index is 1370. The fourth-order valence-electron chi connectivity index (χ4n) is 4.86. The van der Waals surface area contributed by atoms with Crippen molar-refractivity contribution < 1.29 is 0 Å². The van der Waals surface area contributed by atoms with Crippen LogP contribution < -0.4 is 0 Å². The second-order valence-corrected chi connectivity index (χ2v) is 10.7. The van der Waals surface area contributed by atoms with Crippen molar-refractivity contribution in [2.75, 3.05) is 0 Å². The van der Waals surface area contributed by atoms with E-state index in [4.69, 9.17) is 0 Å². The predicted octanol–water partition coefficient (Wildman–Crippen LogP) is 8.85. The molecule has 0 heterocycles. The zero-order chi connectivity index (χ0) is 21.3. The summed E-state index contributed by atoms with van der Waals surface area (Å²) in [6, 6.07) is 27.6. The maximum Gasteiger partial charge on any atom is -0.00205 e. The van der Waals surface area contributed by atoms with Crippen molar-refractivity contribution in [2.45, 2.75) is 52.4 Å². The molecule has 0 aliphatic rings. The van der Waals surface area contributed by atoms with Crippen LogP contribution in [0.5, 0.6) is 0 Å². The Labute approximate surface area is 179 Å². The minimum Gasteiger partial charge on any atom is -0.0579 e. The summed E-state index contributed by atoms with van der Waals surface area (Å²) in [5.41, 5.74) is 5.69. The zero-order valence-electron chi connectivity index (χ0n) is 18.9. The first-order valence-corrected chi connectivity index (χ1v) is 11.0. The van der Waals surface area contributed by atoms with E-state index in [9.17, 15) is 0 Å². The summed E-state index contributed by atoms with van der Waals surface area (Å²) in [5.74, 6) is 0. The van der Waals surface area contributed by atoms with Gasteiger partial charge in [0.15, 0.2) is 0 Å². The second-order valence-electron chi connectivity index (χ2n) is 10.7. The predicted molar refractivity (Wildman–Crippen MR) is 133 cm³/mol. The van der Waals surface area contributed by atoms with E-state index in [0.29, 0.717) is 0 Å². The standard InChI is InChI=1S/C30H30/c1-29(2,3)22-13-7-19(8-14-22)23-15-9-20-11-17-25-26(30(4,5)6)18-12-21-10-16-24(23)27(20)28(21)25/h7-18H,1-6H3. The lowest BCUT2D eigenvalue weighted by Crippen LogP contribution is -2.11. The lowest BCUT2D eigenvalue weighted by atomic mass is 9.80. The third-order valence-electron chi connectivity index (χ3n) is 6.53. The molecule has 0 heteroatoms. The first-order chi connectivity index (χ1) is 14.1. The lowest BCUT2D eigenvalue weighted by Gasteiger charge is -2.23. The van der Waals surface area contributed by atoms with Crippen LogP contribution in [0, 0.1) is 0 Å². The third kappa shape index (κ3) is 2.89. The maximum atomic E-state index is 2.32. The molecule has 5 rings (SSSR count). The van der Waals surface area contributed by atoms with Gasteiger partial charge in [0.2, 0.25) is 0 Å². The van der Waals surface area contributed by atoms with E-state index in [-0.39, 0.29) is 10.8 Å². The Kier molecular flexibility index (Phi) is 4.03. The Balaban J connectivity index is 1.82. The Morgan fingerprint density at radius 2 is 1.00 bits per heavy atom. The van der Waals surface area contributed by atoms with Gasteiger partial charge in [-0.05, 0) is 65.4 Å².